The molecule has 5 rings (SSSR count). The molecule has 1 unspecified atom stereocenters. The highest BCUT2D eigenvalue weighted by Crippen LogP contribution is 2.45. The Morgan fingerprint density at radius 2 is 2.11 bits per heavy atom. The van der Waals surface area contributed by atoms with Gasteiger partial charge in [0.25, 0.3) is 5.91 Å². The van der Waals surface area contributed by atoms with Gasteiger partial charge in [-0.3, -0.25) is 14.8 Å². The number of rotatable bonds is 3. The van der Waals surface area contributed by atoms with Crippen molar-refractivity contribution in [2.24, 2.45) is 0 Å². The molecule has 0 aliphatic carbocycles. The Kier molecular flexibility index (Phi) is 3.93. The molecule has 0 aromatic carbocycles. The molecule has 0 saturated carbocycles. The van der Waals surface area contributed by atoms with E-state index >= 15 is 0 Å². The number of likely N-dealkylation sites (tertiary alicyclic amines) is 1. The highest BCUT2D eigenvalue weighted by atomic mass is 32.1. The quantitative estimate of drug-likeness (QED) is 0.703. The van der Waals surface area contributed by atoms with E-state index in [1.54, 1.807) is 17.5 Å². The second kappa shape index (κ2) is 6.46. The summed E-state index contributed by atoms with van der Waals surface area (Å²) in [6.07, 6.45) is 6.55. The van der Waals surface area contributed by atoms with Gasteiger partial charge >= 0.3 is 0 Å². The SMILES string of the molecule is O=C(c1ccsc1)N1CCC2(C1)CN(Cc1cccnc1)c1cccnc12. The monoisotopic (exact) mass is 376 g/mol. The molecule has 1 atom stereocenters. The minimum atomic E-state index is -0.0789. The summed E-state index contributed by atoms with van der Waals surface area (Å²) in [7, 11) is 0. The van der Waals surface area contributed by atoms with Crippen molar-refractivity contribution in [2.45, 2.75) is 18.4 Å². The van der Waals surface area contributed by atoms with Crippen LogP contribution < -0.4 is 4.90 Å². The van der Waals surface area contributed by atoms with Crippen LogP contribution in [0.25, 0.3) is 0 Å². The van der Waals surface area contributed by atoms with Gasteiger partial charge in [-0.1, -0.05) is 6.07 Å². The summed E-state index contributed by atoms with van der Waals surface area (Å²) in [5.41, 5.74) is 4.22. The number of aromatic nitrogens is 2. The molecule has 2 aliphatic heterocycles. The van der Waals surface area contributed by atoms with E-state index in [0.717, 1.165) is 43.9 Å². The van der Waals surface area contributed by atoms with Crippen molar-refractivity contribution < 1.29 is 4.79 Å². The van der Waals surface area contributed by atoms with Crippen LogP contribution in [0.4, 0.5) is 5.69 Å². The summed E-state index contributed by atoms with van der Waals surface area (Å²) < 4.78 is 0. The van der Waals surface area contributed by atoms with Gasteiger partial charge in [0.2, 0.25) is 0 Å². The predicted octanol–water partition coefficient (Wildman–Crippen LogP) is 3.34. The van der Waals surface area contributed by atoms with Gasteiger partial charge in [-0.2, -0.15) is 11.3 Å². The van der Waals surface area contributed by atoms with Crippen LogP contribution in [0.15, 0.2) is 59.7 Å². The Labute approximate surface area is 162 Å². The topological polar surface area (TPSA) is 49.3 Å². The Bertz CT molecular complexity index is 959. The number of carbonyl (C=O) groups excluding carboxylic acids is 1. The molecule has 1 amide bonds. The number of carbonyl (C=O) groups is 1. The fraction of sp³-hybridized carbons (Fsp3) is 0.286. The van der Waals surface area contributed by atoms with Crippen molar-refractivity contribution in [1.82, 2.24) is 14.9 Å². The summed E-state index contributed by atoms with van der Waals surface area (Å²) in [4.78, 5) is 26.2. The van der Waals surface area contributed by atoms with Gasteiger partial charge < -0.3 is 9.80 Å². The molecule has 5 heterocycles. The van der Waals surface area contributed by atoms with E-state index in [-0.39, 0.29) is 11.3 Å². The lowest BCUT2D eigenvalue weighted by atomic mass is 9.85. The Balaban J connectivity index is 1.43. The molecule has 3 aromatic heterocycles. The highest BCUT2D eigenvalue weighted by molar-refractivity contribution is 7.08. The Morgan fingerprint density at radius 1 is 1.19 bits per heavy atom. The van der Waals surface area contributed by atoms with Crippen LogP contribution in [0.2, 0.25) is 0 Å². The standard InChI is InChI=1S/C21H20N4OS/c26-20(17-5-10-27-13-17)24-9-6-21(14-24)15-25(12-16-3-1-7-22-11-16)18-4-2-8-23-19(18)21/h1-5,7-8,10-11,13H,6,9,12,14-15H2. The molecule has 1 fully saturated rings. The summed E-state index contributed by atoms with van der Waals surface area (Å²) >= 11 is 1.57. The predicted molar refractivity (Wildman–Crippen MR) is 106 cm³/mol. The number of hydrogen-bond acceptors (Lipinski definition) is 5. The third-order valence-electron chi connectivity index (χ3n) is 5.63. The van der Waals surface area contributed by atoms with Gasteiger partial charge in [-0.15, -0.1) is 0 Å². The number of nitrogens with zero attached hydrogens (tertiary/aromatic N) is 4. The number of fused-ring (bicyclic) bond motifs is 2. The third-order valence-corrected chi connectivity index (χ3v) is 6.31. The van der Waals surface area contributed by atoms with Crippen molar-refractivity contribution in [3.63, 3.8) is 0 Å². The molecule has 0 radical (unpaired) electrons. The van der Waals surface area contributed by atoms with Gasteiger partial charge in [0, 0.05) is 50.1 Å². The lowest BCUT2D eigenvalue weighted by Crippen LogP contribution is -2.38. The minimum Gasteiger partial charge on any atom is -0.365 e. The van der Waals surface area contributed by atoms with Crippen molar-refractivity contribution in [3.05, 3.63) is 76.5 Å². The first-order valence-corrected chi connectivity index (χ1v) is 10.1. The maximum atomic E-state index is 12.8. The van der Waals surface area contributed by atoms with Gasteiger partial charge in [0.05, 0.1) is 22.4 Å². The van der Waals surface area contributed by atoms with E-state index in [2.05, 4.69) is 22.0 Å². The average Bonchev–Trinajstić information content (AvgIpc) is 3.44. The lowest BCUT2D eigenvalue weighted by molar-refractivity contribution is 0.0785. The van der Waals surface area contributed by atoms with E-state index < -0.39 is 0 Å². The average molecular weight is 376 g/mol. The van der Waals surface area contributed by atoms with Gasteiger partial charge in [-0.05, 0) is 41.6 Å². The molecule has 6 heteroatoms. The van der Waals surface area contributed by atoms with Gasteiger partial charge in [-0.25, -0.2) is 0 Å². The van der Waals surface area contributed by atoms with E-state index in [0.29, 0.717) is 0 Å². The molecule has 3 aromatic rings. The van der Waals surface area contributed by atoms with Crippen LogP contribution >= 0.6 is 11.3 Å². The maximum absolute atomic E-state index is 12.8. The molecule has 0 bridgehead atoms. The molecule has 0 N–H and O–H groups in total. The van der Waals surface area contributed by atoms with Gasteiger partial charge in [0.1, 0.15) is 0 Å². The third kappa shape index (κ3) is 2.80. The summed E-state index contributed by atoms with van der Waals surface area (Å²) in [6.45, 7) is 3.22. The van der Waals surface area contributed by atoms with Crippen LogP contribution in [-0.2, 0) is 12.0 Å². The van der Waals surface area contributed by atoms with E-state index in [1.807, 2.05) is 46.3 Å². The summed E-state index contributed by atoms with van der Waals surface area (Å²) in [5, 5.41) is 3.89. The maximum Gasteiger partial charge on any atom is 0.254 e. The molecule has 1 saturated heterocycles. The number of hydrogen-bond donors (Lipinski definition) is 0. The molecule has 27 heavy (non-hydrogen) atoms. The number of pyridine rings is 2. The zero-order valence-electron chi connectivity index (χ0n) is 14.9. The molecule has 2 aliphatic rings. The van der Waals surface area contributed by atoms with Crippen molar-refractivity contribution in [2.75, 3.05) is 24.5 Å². The van der Waals surface area contributed by atoms with Crippen LogP contribution in [0.3, 0.4) is 0 Å². The fourth-order valence-electron chi connectivity index (χ4n) is 4.38. The first kappa shape index (κ1) is 16.4. The van der Waals surface area contributed by atoms with Crippen molar-refractivity contribution in [1.29, 1.82) is 0 Å². The second-order valence-corrected chi connectivity index (χ2v) is 8.14. The number of amides is 1. The fourth-order valence-corrected chi connectivity index (χ4v) is 5.01. The largest absolute Gasteiger partial charge is 0.365 e. The van der Waals surface area contributed by atoms with E-state index in [4.69, 9.17) is 4.98 Å². The smallest absolute Gasteiger partial charge is 0.254 e. The molecule has 1 spiro atoms. The highest BCUT2D eigenvalue weighted by Gasteiger charge is 2.49. The summed E-state index contributed by atoms with van der Waals surface area (Å²) in [5.74, 6) is 0.135. The van der Waals surface area contributed by atoms with Crippen LogP contribution in [0.5, 0.6) is 0 Å². The van der Waals surface area contributed by atoms with Gasteiger partial charge in [0.15, 0.2) is 0 Å². The Morgan fingerprint density at radius 3 is 2.93 bits per heavy atom. The van der Waals surface area contributed by atoms with Crippen LogP contribution in [0, 0.1) is 0 Å². The second-order valence-electron chi connectivity index (χ2n) is 7.36. The first-order chi connectivity index (χ1) is 13.3. The van der Waals surface area contributed by atoms with Crippen LogP contribution in [0.1, 0.15) is 28.0 Å². The zero-order valence-corrected chi connectivity index (χ0v) is 15.7. The molecular formula is C21H20N4OS. The van der Waals surface area contributed by atoms with E-state index in [9.17, 15) is 4.79 Å². The lowest BCUT2D eigenvalue weighted by Gasteiger charge is -2.25. The van der Waals surface area contributed by atoms with Crippen molar-refractivity contribution in [3.8, 4) is 0 Å². The normalized spacial score (nSPS) is 21.0. The summed E-state index contributed by atoms with van der Waals surface area (Å²) in [6, 6.07) is 10.1. The molecule has 5 nitrogen and oxygen atoms in total. The first-order valence-electron chi connectivity index (χ1n) is 9.16. The van der Waals surface area contributed by atoms with E-state index in [1.165, 1.54) is 11.3 Å². The van der Waals surface area contributed by atoms with Crippen molar-refractivity contribution >= 4 is 22.9 Å². The molecule has 136 valence electrons. The minimum absolute atomic E-state index is 0.0789. The molecular weight excluding hydrogens is 356 g/mol. The zero-order chi connectivity index (χ0) is 18.3. The Hall–Kier alpha value is -2.73. The number of thiophene rings is 1. The van der Waals surface area contributed by atoms with Crippen LogP contribution in [-0.4, -0.2) is 40.4 Å². The number of anilines is 1.